The molecular formula is C22H20FN3O3. The number of aryl methyl sites for hydroxylation is 1. The molecule has 7 heteroatoms. The summed E-state index contributed by atoms with van der Waals surface area (Å²) in [4.78, 5) is 20.2. The van der Waals surface area contributed by atoms with E-state index in [1.807, 2.05) is 31.2 Å². The Bertz CT molecular complexity index is 990. The van der Waals surface area contributed by atoms with Crippen LogP contribution in [0.5, 0.6) is 17.4 Å². The predicted octanol–water partition coefficient (Wildman–Crippen LogP) is 4.51. The number of anilines is 1. The highest BCUT2D eigenvalue weighted by Crippen LogP contribution is 2.33. The molecule has 0 atom stereocenters. The summed E-state index contributed by atoms with van der Waals surface area (Å²) in [6, 6.07) is 13.7. The maximum absolute atomic E-state index is 12.8. The largest absolute Gasteiger partial charge is 0.489 e. The molecule has 1 N–H and O–H groups in total. The fraction of sp³-hybridized carbons (Fsp3) is 0.227. The van der Waals surface area contributed by atoms with Crippen molar-refractivity contribution in [2.75, 3.05) is 5.32 Å². The van der Waals surface area contributed by atoms with Gasteiger partial charge >= 0.3 is 0 Å². The lowest BCUT2D eigenvalue weighted by molar-refractivity contribution is -0.125. The average Bonchev–Trinajstić information content (AvgIpc) is 2.68. The van der Waals surface area contributed by atoms with Crippen LogP contribution in [0.1, 0.15) is 18.4 Å². The zero-order valence-corrected chi connectivity index (χ0v) is 15.8. The smallest absolute Gasteiger partial charge is 0.227 e. The molecule has 1 aliphatic carbocycles. The van der Waals surface area contributed by atoms with Crippen LogP contribution in [0.25, 0.3) is 0 Å². The van der Waals surface area contributed by atoms with Crippen LogP contribution in [0.4, 0.5) is 10.1 Å². The number of amides is 1. The Balaban J connectivity index is 1.29. The summed E-state index contributed by atoms with van der Waals surface area (Å²) in [5, 5.41) is 2.94. The standard InChI is InChI=1S/C22H20FN3O3/c1-14-10-16(5-7-19(14)29-21-4-2-3-9-24-21)26-22(27)15-11-18(12-15)28-17-6-8-20(23)25-13-17/h2-10,13,15,18H,11-12H2,1H3,(H,26,27). The third-order valence-corrected chi connectivity index (χ3v) is 4.76. The van der Waals surface area contributed by atoms with Crippen LogP contribution < -0.4 is 14.8 Å². The van der Waals surface area contributed by atoms with Crippen molar-refractivity contribution >= 4 is 11.6 Å². The Labute approximate surface area is 167 Å². The van der Waals surface area contributed by atoms with Gasteiger partial charge < -0.3 is 14.8 Å². The first kappa shape index (κ1) is 18.9. The molecule has 0 saturated heterocycles. The van der Waals surface area contributed by atoms with Gasteiger partial charge in [-0.05, 0) is 61.7 Å². The fourth-order valence-electron chi connectivity index (χ4n) is 3.11. The summed E-state index contributed by atoms with van der Waals surface area (Å²) >= 11 is 0. The normalized spacial score (nSPS) is 17.9. The van der Waals surface area contributed by atoms with Crippen LogP contribution in [-0.2, 0) is 4.79 Å². The second kappa shape index (κ2) is 8.26. The summed E-state index contributed by atoms with van der Waals surface area (Å²) in [6.07, 6.45) is 4.18. The van der Waals surface area contributed by atoms with Crippen molar-refractivity contribution < 1.29 is 18.7 Å². The van der Waals surface area contributed by atoms with Crippen molar-refractivity contribution in [2.45, 2.75) is 25.9 Å². The summed E-state index contributed by atoms with van der Waals surface area (Å²) in [7, 11) is 0. The number of hydrogen-bond acceptors (Lipinski definition) is 5. The molecule has 1 saturated carbocycles. The van der Waals surface area contributed by atoms with E-state index >= 15 is 0 Å². The molecule has 2 aromatic heterocycles. The van der Waals surface area contributed by atoms with Crippen molar-refractivity contribution in [1.29, 1.82) is 0 Å². The number of nitrogens with one attached hydrogen (secondary N) is 1. The topological polar surface area (TPSA) is 73.3 Å². The van der Waals surface area contributed by atoms with Crippen LogP contribution >= 0.6 is 0 Å². The lowest BCUT2D eigenvalue weighted by Crippen LogP contribution is -2.40. The van der Waals surface area contributed by atoms with Gasteiger partial charge in [-0.1, -0.05) is 6.07 Å². The van der Waals surface area contributed by atoms with E-state index in [-0.39, 0.29) is 17.9 Å². The third-order valence-electron chi connectivity index (χ3n) is 4.76. The minimum absolute atomic E-state index is 0.0418. The molecule has 0 spiro atoms. The number of halogens is 1. The number of carbonyl (C=O) groups is 1. The lowest BCUT2D eigenvalue weighted by Gasteiger charge is -2.34. The van der Waals surface area contributed by atoms with Crippen molar-refractivity contribution in [1.82, 2.24) is 9.97 Å². The van der Waals surface area contributed by atoms with Crippen LogP contribution in [0.3, 0.4) is 0 Å². The molecule has 1 aromatic carbocycles. The zero-order chi connectivity index (χ0) is 20.2. The number of carbonyl (C=O) groups excluding carboxylic acids is 1. The van der Waals surface area contributed by atoms with Gasteiger partial charge in [-0.15, -0.1) is 0 Å². The second-order valence-corrected chi connectivity index (χ2v) is 6.96. The molecule has 0 unspecified atom stereocenters. The molecule has 0 aliphatic heterocycles. The first-order valence-electron chi connectivity index (χ1n) is 9.35. The number of pyridine rings is 2. The first-order valence-corrected chi connectivity index (χ1v) is 9.35. The van der Waals surface area contributed by atoms with E-state index in [4.69, 9.17) is 9.47 Å². The van der Waals surface area contributed by atoms with E-state index in [0.29, 0.717) is 35.9 Å². The highest BCUT2D eigenvalue weighted by molar-refractivity contribution is 5.93. The van der Waals surface area contributed by atoms with Crippen LogP contribution in [0, 0.1) is 18.8 Å². The lowest BCUT2D eigenvalue weighted by atomic mass is 9.81. The van der Waals surface area contributed by atoms with Gasteiger partial charge in [0, 0.05) is 23.9 Å². The Hall–Kier alpha value is -3.48. The number of rotatable bonds is 6. The summed E-state index contributed by atoms with van der Waals surface area (Å²) in [5.41, 5.74) is 1.61. The SMILES string of the molecule is Cc1cc(NC(=O)C2CC(Oc3ccc(F)nc3)C2)ccc1Oc1ccccn1. The van der Waals surface area contributed by atoms with Crippen LogP contribution in [0.15, 0.2) is 60.9 Å². The van der Waals surface area contributed by atoms with Crippen LogP contribution in [0.2, 0.25) is 0 Å². The Kier molecular flexibility index (Phi) is 5.37. The molecule has 0 bridgehead atoms. The molecule has 1 amide bonds. The number of hydrogen-bond donors (Lipinski definition) is 1. The number of benzene rings is 1. The summed E-state index contributed by atoms with van der Waals surface area (Å²) in [5.74, 6) is 1.01. The minimum Gasteiger partial charge on any atom is -0.489 e. The molecule has 6 nitrogen and oxygen atoms in total. The van der Waals surface area contributed by atoms with Crippen molar-refractivity contribution in [3.8, 4) is 17.4 Å². The average molecular weight is 393 g/mol. The van der Waals surface area contributed by atoms with Gasteiger partial charge in [0.05, 0.1) is 6.20 Å². The highest BCUT2D eigenvalue weighted by atomic mass is 19.1. The van der Waals surface area contributed by atoms with Gasteiger partial charge in [-0.3, -0.25) is 4.79 Å². The number of aromatic nitrogens is 2. The van der Waals surface area contributed by atoms with Crippen molar-refractivity contribution in [3.05, 3.63) is 72.4 Å². The molecule has 2 heterocycles. The molecule has 1 fully saturated rings. The third kappa shape index (κ3) is 4.68. The van der Waals surface area contributed by atoms with Crippen molar-refractivity contribution in [2.24, 2.45) is 5.92 Å². The van der Waals surface area contributed by atoms with Gasteiger partial charge in [-0.25, -0.2) is 9.97 Å². The van der Waals surface area contributed by atoms with E-state index < -0.39 is 5.95 Å². The van der Waals surface area contributed by atoms with Crippen LogP contribution in [-0.4, -0.2) is 22.0 Å². The predicted molar refractivity (Wildman–Crippen MR) is 105 cm³/mol. The maximum atomic E-state index is 12.8. The summed E-state index contributed by atoms with van der Waals surface area (Å²) in [6.45, 7) is 1.91. The number of ether oxygens (including phenoxy) is 2. The first-order chi connectivity index (χ1) is 14.1. The van der Waals surface area contributed by atoms with Gasteiger partial charge in [0.1, 0.15) is 17.6 Å². The molecular weight excluding hydrogens is 373 g/mol. The maximum Gasteiger partial charge on any atom is 0.227 e. The van der Waals surface area contributed by atoms with E-state index in [0.717, 1.165) is 5.56 Å². The number of nitrogens with zero attached hydrogens (tertiary/aromatic N) is 2. The Morgan fingerprint density at radius 1 is 1.14 bits per heavy atom. The van der Waals surface area contributed by atoms with Gasteiger partial charge in [0.2, 0.25) is 17.7 Å². The minimum atomic E-state index is -0.546. The highest BCUT2D eigenvalue weighted by Gasteiger charge is 2.36. The van der Waals surface area contributed by atoms with E-state index in [2.05, 4.69) is 15.3 Å². The quantitative estimate of drug-likeness (QED) is 0.624. The molecule has 4 rings (SSSR count). The molecule has 0 radical (unpaired) electrons. The van der Waals surface area contributed by atoms with Gasteiger partial charge in [0.15, 0.2) is 0 Å². The monoisotopic (exact) mass is 393 g/mol. The van der Waals surface area contributed by atoms with Crippen molar-refractivity contribution in [3.63, 3.8) is 0 Å². The fourth-order valence-corrected chi connectivity index (χ4v) is 3.11. The van der Waals surface area contributed by atoms with E-state index in [1.54, 1.807) is 18.3 Å². The summed E-state index contributed by atoms with van der Waals surface area (Å²) < 4.78 is 24.3. The second-order valence-electron chi connectivity index (χ2n) is 6.96. The van der Waals surface area contributed by atoms with E-state index in [9.17, 15) is 9.18 Å². The molecule has 29 heavy (non-hydrogen) atoms. The molecule has 148 valence electrons. The van der Waals surface area contributed by atoms with Gasteiger partial charge in [0.25, 0.3) is 0 Å². The molecule has 1 aliphatic rings. The Morgan fingerprint density at radius 2 is 2.00 bits per heavy atom. The van der Waals surface area contributed by atoms with Gasteiger partial charge in [-0.2, -0.15) is 4.39 Å². The Morgan fingerprint density at radius 3 is 2.69 bits per heavy atom. The van der Waals surface area contributed by atoms with E-state index in [1.165, 1.54) is 18.3 Å². The molecule has 3 aromatic rings. The zero-order valence-electron chi connectivity index (χ0n) is 15.8.